The van der Waals surface area contributed by atoms with E-state index in [0.29, 0.717) is 17.8 Å². The maximum absolute atomic E-state index is 12.7. The van der Waals surface area contributed by atoms with Crippen molar-refractivity contribution in [1.82, 2.24) is 14.9 Å². The van der Waals surface area contributed by atoms with Crippen molar-refractivity contribution in [2.24, 2.45) is 0 Å². The second kappa shape index (κ2) is 7.15. The van der Waals surface area contributed by atoms with E-state index in [1.807, 2.05) is 35.7 Å². The van der Waals surface area contributed by atoms with Crippen LogP contribution in [0.15, 0.2) is 58.0 Å². The molecule has 1 N–H and O–H groups in total. The fourth-order valence-electron chi connectivity index (χ4n) is 3.02. The zero-order chi connectivity index (χ0) is 18.1. The van der Waals surface area contributed by atoms with Gasteiger partial charge >= 0.3 is 0 Å². The van der Waals surface area contributed by atoms with E-state index in [4.69, 9.17) is 4.98 Å². The van der Waals surface area contributed by atoms with Crippen LogP contribution in [0.4, 0.5) is 0 Å². The van der Waals surface area contributed by atoms with Crippen molar-refractivity contribution in [3.05, 3.63) is 74.3 Å². The Bertz CT molecular complexity index is 1070. The van der Waals surface area contributed by atoms with E-state index in [9.17, 15) is 4.79 Å². The van der Waals surface area contributed by atoms with Gasteiger partial charge in [-0.3, -0.25) is 9.69 Å². The van der Waals surface area contributed by atoms with Crippen molar-refractivity contribution >= 4 is 32.9 Å². The number of hydrogen-bond donors (Lipinski definition) is 1. The first kappa shape index (κ1) is 17.1. The van der Waals surface area contributed by atoms with Crippen molar-refractivity contribution < 1.29 is 0 Å². The summed E-state index contributed by atoms with van der Waals surface area (Å²) in [6.07, 6.45) is 0. The van der Waals surface area contributed by atoms with Crippen molar-refractivity contribution in [3.8, 4) is 11.1 Å². The summed E-state index contributed by atoms with van der Waals surface area (Å²) < 4.78 is 0. The molecule has 1 unspecified atom stereocenters. The summed E-state index contributed by atoms with van der Waals surface area (Å²) in [5.41, 5.74) is 1.93. The van der Waals surface area contributed by atoms with Gasteiger partial charge in [0.05, 0.1) is 11.9 Å². The molecule has 0 bridgehead atoms. The third-order valence-corrected chi connectivity index (χ3v) is 6.51. The third-order valence-electron chi connectivity index (χ3n) is 4.59. The fourth-order valence-corrected chi connectivity index (χ4v) is 4.83. The van der Waals surface area contributed by atoms with Gasteiger partial charge in [-0.1, -0.05) is 36.4 Å². The average molecular weight is 382 g/mol. The fraction of sp³-hybridized carbons (Fsp3) is 0.200. The van der Waals surface area contributed by atoms with E-state index < -0.39 is 0 Å². The number of H-pyrrole nitrogens is 1. The first-order valence-corrected chi connectivity index (χ1v) is 10.2. The first-order chi connectivity index (χ1) is 12.6. The van der Waals surface area contributed by atoms with Gasteiger partial charge in [0.2, 0.25) is 0 Å². The second-order valence-electron chi connectivity index (χ2n) is 6.31. The van der Waals surface area contributed by atoms with Gasteiger partial charge < -0.3 is 4.98 Å². The molecule has 0 aliphatic rings. The standard InChI is InChI=1S/C20H19N3OS2/c1-13(16-9-6-10-25-16)23(2)11-17-21-19(24)18-15(12-26-20(18)22-17)14-7-4-3-5-8-14/h3-10,12-13H,11H2,1-2H3,(H,21,22,24). The molecule has 4 aromatic rings. The highest BCUT2D eigenvalue weighted by atomic mass is 32.1. The Morgan fingerprint density at radius 2 is 1.96 bits per heavy atom. The monoisotopic (exact) mass is 381 g/mol. The van der Waals surface area contributed by atoms with E-state index in [1.165, 1.54) is 16.2 Å². The molecule has 3 heterocycles. The molecule has 1 atom stereocenters. The summed E-state index contributed by atoms with van der Waals surface area (Å²) in [5, 5.41) is 4.78. The van der Waals surface area contributed by atoms with Crippen LogP contribution in [-0.2, 0) is 6.54 Å². The minimum atomic E-state index is -0.0673. The third kappa shape index (κ3) is 3.23. The molecule has 4 nitrogen and oxygen atoms in total. The van der Waals surface area contributed by atoms with Gasteiger partial charge in [0.1, 0.15) is 10.7 Å². The van der Waals surface area contributed by atoms with Gasteiger partial charge in [0.25, 0.3) is 5.56 Å². The summed E-state index contributed by atoms with van der Waals surface area (Å²) in [7, 11) is 2.05. The van der Waals surface area contributed by atoms with E-state index in [0.717, 1.165) is 16.0 Å². The number of rotatable bonds is 5. The Morgan fingerprint density at radius 3 is 2.69 bits per heavy atom. The largest absolute Gasteiger partial charge is 0.309 e. The van der Waals surface area contributed by atoms with Crippen LogP contribution in [-0.4, -0.2) is 21.9 Å². The molecule has 0 aliphatic heterocycles. The Balaban J connectivity index is 1.65. The minimum Gasteiger partial charge on any atom is -0.309 e. The van der Waals surface area contributed by atoms with Gasteiger partial charge in [-0.2, -0.15) is 0 Å². The lowest BCUT2D eigenvalue weighted by molar-refractivity contribution is 0.250. The number of nitrogens with one attached hydrogen (secondary N) is 1. The van der Waals surface area contributed by atoms with Crippen molar-refractivity contribution in [2.75, 3.05) is 7.05 Å². The van der Waals surface area contributed by atoms with Crippen LogP contribution >= 0.6 is 22.7 Å². The normalized spacial score (nSPS) is 12.7. The summed E-state index contributed by atoms with van der Waals surface area (Å²) in [4.78, 5) is 24.7. The predicted octanol–water partition coefficient (Wildman–Crippen LogP) is 4.91. The van der Waals surface area contributed by atoms with Crippen molar-refractivity contribution in [2.45, 2.75) is 19.5 Å². The zero-order valence-corrected chi connectivity index (χ0v) is 16.2. The molecule has 6 heteroatoms. The number of thiophene rings is 2. The summed E-state index contributed by atoms with van der Waals surface area (Å²) in [6, 6.07) is 14.5. The summed E-state index contributed by atoms with van der Waals surface area (Å²) >= 11 is 3.27. The van der Waals surface area contributed by atoms with Crippen LogP contribution in [0.2, 0.25) is 0 Å². The Labute approximate surface area is 159 Å². The molecule has 0 saturated carbocycles. The molecule has 132 valence electrons. The molecular weight excluding hydrogens is 362 g/mol. The van der Waals surface area contributed by atoms with E-state index in [2.05, 4.69) is 41.4 Å². The van der Waals surface area contributed by atoms with Crippen LogP contribution in [0.1, 0.15) is 23.7 Å². The average Bonchev–Trinajstić information content (AvgIpc) is 3.32. The van der Waals surface area contributed by atoms with Gasteiger partial charge in [0, 0.05) is 21.9 Å². The van der Waals surface area contributed by atoms with Crippen LogP contribution in [0.5, 0.6) is 0 Å². The topological polar surface area (TPSA) is 49.0 Å². The lowest BCUT2D eigenvalue weighted by Gasteiger charge is -2.23. The SMILES string of the molecule is CC(c1cccs1)N(C)Cc1nc2scc(-c3ccccc3)c2c(=O)[nH]1. The number of fused-ring (bicyclic) bond motifs is 1. The lowest BCUT2D eigenvalue weighted by Crippen LogP contribution is -2.24. The molecule has 0 fully saturated rings. The summed E-state index contributed by atoms with van der Waals surface area (Å²) in [5.74, 6) is 0.704. The van der Waals surface area contributed by atoms with E-state index >= 15 is 0 Å². The molecule has 26 heavy (non-hydrogen) atoms. The molecular formula is C20H19N3OS2. The minimum absolute atomic E-state index is 0.0673. The van der Waals surface area contributed by atoms with Crippen LogP contribution in [0.25, 0.3) is 21.3 Å². The molecule has 1 aromatic carbocycles. The molecule has 3 aromatic heterocycles. The molecule has 0 amide bonds. The molecule has 0 spiro atoms. The number of aromatic nitrogens is 2. The Morgan fingerprint density at radius 1 is 1.15 bits per heavy atom. The molecule has 0 aliphatic carbocycles. The predicted molar refractivity (Wildman–Crippen MR) is 110 cm³/mol. The number of hydrogen-bond acceptors (Lipinski definition) is 5. The summed E-state index contributed by atoms with van der Waals surface area (Å²) in [6.45, 7) is 2.77. The second-order valence-corrected chi connectivity index (χ2v) is 8.15. The molecule has 0 saturated heterocycles. The van der Waals surface area contributed by atoms with E-state index in [1.54, 1.807) is 11.3 Å². The van der Waals surface area contributed by atoms with Gasteiger partial charge in [-0.25, -0.2) is 4.98 Å². The highest BCUT2D eigenvalue weighted by molar-refractivity contribution is 7.17. The van der Waals surface area contributed by atoms with Crippen molar-refractivity contribution in [1.29, 1.82) is 0 Å². The number of aromatic amines is 1. The number of benzene rings is 1. The highest BCUT2D eigenvalue weighted by Gasteiger charge is 2.16. The van der Waals surface area contributed by atoms with Crippen LogP contribution in [0, 0.1) is 0 Å². The van der Waals surface area contributed by atoms with Crippen molar-refractivity contribution in [3.63, 3.8) is 0 Å². The quantitative estimate of drug-likeness (QED) is 0.534. The first-order valence-electron chi connectivity index (χ1n) is 8.43. The maximum Gasteiger partial charge on any atom is 0.260 e. The Kier molecular flexibility index (Phi) is 4.72. The lowest BCUT2D eigenvalue weighted by atomic mass is 10.1. The highest BCUT2D eigenvalue weighted by Crippen LogP contribution is 2.31. The van der Waals surface area contributed by atoms with Gasteiger partial charge in [-0.05, 0) is 31.0 Å². The smallest absolute Gasteiger partial charge is 0.260 e. The van der Waals surface area contributed by atoms with E-state index in [-0.39, 0.29) is 11.6 Å². The maximum atomic E-state index is 12.7. The molecule has 0 radical (unpaired) electrons. The van der Waals surface area contributed by atoms with Gasteiger partial charge in [-0.15, -0.1) is 22.7 Å². The Hall–Kier alpha value is -2.28. The zero-order valence-electron chi connectivity index (χ0n) is 14.6. The number of nitrogens with zero attached hydrogens (tertiary/aromatic N) is 2. The van der Waals surface area contributed by atoms with Crippen LogP contribution < -0.4 is 5.56 Å². The molecule has 4 rings (SSSR count). The van der Waals surface area contributed by atoms with Crippen LogP contribution in [0.3, 0.4) is 0 Å². The van der Waals surface area contributed by atoms with Gasteiger partial charge in [0.15, 0.2) is 0 Å².